The number of hydrogen-bond acceptors (Lipinski definition) is 0. The molecule has 0 aromatic heterocycles. The summed E-state index contributed by atoms with van der Waals surface area (Å²) in [5.74, 6) is 2.53. The van der Waals surface area contributed by atoms with Crippen LogP contribution < -0.4 is 0 Å². The molecule has 0 N–H and O–H groups in total. The molecule has 0 aromatic rings. The van der Waals surface area contributed by atoms with Crippen molar-refractivity contribution in [3.8, 4) is 0 Å². The average Bonchev–Trinajstić information content (AvgIpc) is 2.27. The highest BCUT2D eigenvalue weighted by molar-refractivity contribution is 6.39. The topological polar surface area (TPSA) is 0 Å². The van der Waals surface area contributed by atoms with Crippen LogP contribution in [0.3, 0.4) is 0 Å². The van der Waals surface area contributed by atoms with Crippen molar-refractivity contribution in [3.63, 3.8) is 0 Å². The van der Waals surface area contributed by atoms with Crippen molar-refractivity contribution in [3.05, 3.63) is 0 Å². The molecule has 1 heteroatoms. The lowest BCUT2D eigenvalue weighted by atomic mass is 9.50. The highest BCUT2D eigenvalue weighted by atomic mass is 14.1. The summed E-state index contributed by atoms with van der Waals surface area (Å²) in [6.07, 6.45) is 13.2. The maximum atomic E-state index is 2.66. The summed E-state index contributed by atoms with van der Waals surface area (Å²) in [6.45, 7) is 7.09. The highest BCUT2D eigenvalue weighted by Crippen LogP contribution is 2.30. The molecule has 1 fully saturated rings. The van der Waals surface area contributed by atoms with Gasteiger partial charge in [-0.15, -0.1) is 0 Å². The zero-order chi connectivity index (χ0) is 11.8. The van der Waals surface area contributed by atoms with Crippen LogP contribution in [0.4, 0.5) is 0 Å². The minimum Gasteiger partial charge on any atom is -0.0694 e. The van der Waals surface area contributed by atoms with E-state index in [2.05, 4.69) is 28.1 Å². The van der Waals surface area contributed by atoms with Crippen molar-refractivity contribution >= 4 is 7.28 Å². The van der Waals surface area contributed by atoms with Gasteiger partial charge in [-0.05, 0) is 0 Å². The van der Waals surface area contributed by atoms with E-state index in [4.69, 9.17) is 0 Å². The molecule has 1 radical (unpaired) electrons. The Bertz CT molecular complexity index is 155. The second-order valence-corrected chi connectivity index (χ2v) is 6.11. The summed E-state index contributed by atoms with van der Waals surface area (Å²) in [6, 6.07) is 0. The Hall–Kier alpha value is 0.0649. The van der Waals surface area contributed by atoms with E-state index in [1.165, 1.54) is 57.8 Å². The van der Waals surface area contributed by atoms with E-state index in [1.54, 1.807) is 0 Å². The third-order valence-electron chi connectivity index (χ3n) is 4.28. The van der Waals surface area contributed by atoms with Crippen molar-refractivity contribution in [1.82, 2.24) is 0 Å². The van der Waals surface area contributed by atoms with Crippen molar-refractivity contribution in [2.45, 2.75) is 90.2 Å². The summed E-state index contributed by atoms with van der Waals surface area (Å²) in [4.78, 5) is 0. The van der Waals surface area contributed by atoms with Gasteiger partial charge in [0, 0.05) is 0 Å². The summed E-state index contributed by atoms with van der Waals surface area (Å²) < 4.78 is 0. The molecule has 0 nitrogen and oxygen atoms in total. The summed E-state index contributed by atoms with van der Waals surface area (Å²) in [5, 5.41) is 0. The summed E-state index contributed by atoms with van der Waals surface area (Å²) >= 11 is 0. The molecule has 0 amide bonds. The average molecular weight is 221 g/mol. The molecule has 0 aromatic carbocycles. The van der Waals surface area contributed by atoms with Crippen molar-refractivity contribution in [2.75, 3.05) is 0 Å². The van der Waals surface area contributed by atoms with Crippen molar-refractivity contribution < 1.29 is 0 Å². The lowest BCUT2D eigenvalue weighted by molar-refractivity contribution is 0.495. The van der Waals surface area contributed by atoms with Gasteiger partial charge < -0.3 is 0 Å². The van der Waals surface area contributed by atoms with Crippen molar-refractivity contribution in [1.29, 1.82) is 0 Å². The fourth-order valence-electron chi connectivity index (χ4n) is 2.69. The highest BCUT2D eigenvalue weighted by Gasteiger charge is 2.17. The molecule has 0 heterocycles. The quantitative estimate of drug-likeness (QED) is 0.554. The monoisotopic (exact) mass is 221 g/mol. The molecule has 1 atom stereocenters. The van der Waals surface area contributed by atoms with E-state index in [0.717, 1.165) is 17.6 Å². The molecule has 1 unspecified atom stereocenters. The second-order valence-electron chi connectivity index (χ2n) is 6.11. The Morgan fingerprint density at radius 2 is 1.19 bits per heavy atom. The molecule has 1 rings (SSSR count). The van der Waals surface area contributed by atoms with Crippen LogP contribution in [0.25, 0.3) is 0 Å². The fourth-order valence-corrected chi connectivity index (χ4v) is 2.69. The first-order valence-corrected chi connectivity index (χ1v) is 7.55. The summed E-state index contributed by atoms with van der Waals surface area (Å²) in [5.41, 5.74) is 0. The third-order valence-corrected chi connectivity index (χ3v) is 4.28. The van der Waals surface area contributed by atoms with Crippen LogP contribution >= 0.6 is 0 Å². The molecule has 0 aliphatic heterocycles. The van der Waals surface area contributed by atoms with Crippen LogP contribution in [0, 0.1) is 5.92 Å². The van der Waals surface area contributed by atoms with Crippen LogP contribution in [0.1, 0.15) is 78.6 Å². The van der Waals surface area contributed by atoms with E-state index in [0.29, 0.717) is 0 Å². The van der Waals surface area contributed by atoms with E-state index >= 15 is 0 Å². The first-order valence-electron chi connectivity index (χ1n) is 7.55. The lowest BCUT2D eigenvalue weighted by Gasteiger charge is -2.23. The molecule has 16 heavy (non-hydrogen) atoms. The second kappa shape index (κ2) is 8.20. The van der Waals surface area contributed by atoms with Crippen LogP contribution in [-0.2, 0) is 0 Å². The first-order chi connectivity index (χ1) is 7.70. The molecule has 0 spiro atoms. The number of rotatable bonds is 3. The Labute approximate surface area is 104 Å². The Kier molecular flexibility index (Phi) is 7.24. The van der Waals surface area contributed by atoms with Gasteiger partial charge in [-0.25, -0.2) is 0 Å². The molecular weight excluding hydrogens is 191 g/mol. The normalized spacial score (nSPS) is 23.0. The lowest BCUT2D eigenvalue weighted by Crippen LogP contribution is -2.14. The minimum atomic E-state index is 0.799. The standard InChI is InChI=1S/C15H30B/c1-13(2)14(3)16-15-11-9-7-5-4-6-8-10-12-15/h13-15H,4-12H2,1-3H3. The predicted molar refractivity (Wildman–Crippen MR) is 75.3 cm³/mol. The molecule has 1 aliphatic carbocycles. The van der Waals surface area contributed by atoms with Gasteiger partial charge in [0.2, 0.25) is 0 Å². The fraction of sp³-hybridized carbons (Fsp3) is 1.00. The van der Waals surface area contributed by atoms with E-state index in [9.17, 15) is 0 Å². The molecular formula is C15H30B. The molecule has 93 valence electrons. The minimum absolute atomic E-state index is 0.799. The first kappa shape index (κ1) is 14.1. The maximum Gasteiger partial charge on any atom is 0.117 e. The zero-order valence-electron chi connectivity index (χ0n) is 11.7. The maximum absolute atomic E-state index is 2.66. The van der Waals surface area contributed by atoms with Crippen LogP contribution in [-0.4, -0.2) is 7.28 Å². The van der Waals surface area contributed by atoms with E-state index in [1.807, 2.05) is 0 Å². The zero-order valence-corrected chi connectivity index (χ0v) is 11.7. The van der Waals surface area contributed by atoms with Gasteiger partial charge in [-0.1, -0.05) is 96.1 Å². The van der Waals surface area contributed by atoms with Gasteiger partial charge >= 0.3 is 0 Å². The van der Waals surface area contributed by atoms with Crippen molar-refractivity contribution in [2.24, 2.45) is 5.92 Å². The van der Waals surface area contributed by atoms with Crippen LogP contribution in [0.2, 0.25) is 11.6 Å². The van der Waals surface area contributed by atoms with Gasteiger partial charge in [0.25, 0.3) is 0 Å². The van der Waals surface area contributed by atoms with E-state index < -0.39 is 0 Å². The van der Waals surface area contributed by atoms with Crippen LogP contribution in [0.15, 0.2) is 0 Å². The van der Waals surface area contributed by atoms with Crippen LogP contribution in [0.5, 0.6) is 0 Å². The largest absolute Gasteiger partial charge is 0.117 e. The molecule has 0 saturated heterocycles. The SMILES string of the molecule is CC(C)C(C)[B]C1CCCCCCCCC1. The Morgan fingerprint density at radius 1 is 0.750 bits per heavy atom. The summed E-state index contributed by atoms with van der Waals surface area (Å²) in [7, 11) is 2.66. The smallest absolute Gasteiger partial charge is 0.0694 e. The van der Waals surface area contributed by atoms with Gasteiger partial charge in [-0.3, -0.25) is 0 Å². The van der Waals surface area contributed by atoms with Gasteiger partial charge in [-0.2, -0.15) is 0 Å². The van der Waals surface area contributed by atoms with Gasteiger partial charge in [0.1, 0.15) is 7.28 Å². The Balaban J connectivity index is 2.29. The van der Waals surface area contributed by atoms with Gasteiger partial charge in [0.05, 0.1) is 0 Å². The third kappa shape index (κ3) is 5.96. The predicted octanol–water partition coefficient (Wildman–Crippen LogP) is 5.47. The number of hydrogen-bond donors (Lipinski definition) is 0. The molecule has 1 aliphatic rings. The van der Waals surface area contributed by atoms with E-state index in [-0.39, 0.29) is 0 Å². The molecule has 0 bridgehead atoms. The Morgan fingerprint density at radius 3 is 1.62 bits per heavy atom. The van der Waals surface area contributed by atoms with Gasteiger partial charge in [0.15, 0.2) is 0 Å². The molecule has 1 saturated carbocycles.